The van der Waals surface area contributed by atoms with E-state index in [2.05, 4.69) is 36.5 Å². The summed E-state index contributed by atoms with van der Waals surface area (Å²) in [6.07, 6.45) is 7.65. The zero-order chi connectivity index (χ0) is 23.6. The van der Waals surface area contributed by atoms with Crippen molar-refractivity contribution in [2.45, 2.75) is 83.8 Å². The van der Waals surface area contributed by atoms with E-state index in [9.17, 15) is 9.59 Å². The van der Waals surface area contributed by atoms with Gasteiger partial charge in [0.1, 0.15) is 11.8 Å². The van der Waals surface area contributed by atoms with Gasteiger partial charge in [0.25, 0.3) is 0 Å². The molecule has 1 aliphatic rings. The Morgan fingerprint density at radius 3 is 2.18 bits per heavy atom. The van der Waals surface area contributed by atoms with Gasteiger partial charge in [-0.2, -0.15) is 0 Å². The Hall–Kier alpha value is -2.82. The van der Waals surface area contributed by atoms with Crippen LogP contribution < -0.4 is 10.1 Å². The molecule has 1 atom stereocenters. The molecule has 1 N–H and O–H groups in total. The van der Waals surface area contributed by atoms with Gasteiger partial charge in [-0.1, -0.05) is 62.6 Å². The molecule has 2 amide bonds. The van der Waals surface area contributed by atoms with Crippen LogP contribution in [0.15, 0.2) is 48.5 Å². The molecule has 0 unspecified atom stereocenters. The number of aryl methyl sites for hydroxylation is 2. The molecule has 0 heterocycles. The van der Waals surface area contributed by atoms with Crippen molar-refractivity contribution >= 4 is 11.8 Å². The topological polar surface area (TPSA) is 58.6 Å². The first-order valence-corrected chi connectivity index (χ1v) is 12.3. The van der Waals surface area contributed by atoms with Crippen LogP contribution in [0.3, 0.4) is 0 Å². The first-order chi connectivity index (χ1) is 16.0. The third-order valence-corrected chi connectivity index (χ3v) is 6.69. The number of ether oxygens (including phenoxy) is 1. The summed E-state index contributed by atoms with van der Waals surface area (Å²) in [6, 6.07) is 15.8. The highest BCUT2D eigenvalue weighted by atomic mass is 16.5. The summed E-state index contributed by atoms with van der Waals surface area (Å²) >= 11 is 0. The van der Waals surface area contributed by atoms with Gasteiger partial charge in [-0.15, -0.1) is 0 Å². The number of methoxy groups -OCH3 is 1. The van der Waals surface area contributed by atoms with Crippen molar-refractivity contribution in [1.82, 2.24) is 10.2 Å². The van der Waals surface area contributed by atoms with Crippen LogP contribution in [-0.4, -0.2) is 35.9 Å². The minimum Gasteiger partial charge on any atom is -0.497 e. The quantitative estimate of drug-likeness (QED) is 0.551. The number of hydrogen-bond acceptors (Lipinski definition) is 3. The van der Waals surface area contributed by atoms with E-state index in [1.165, 1.54) is 12.0 Å². The zero-order valence-corrected chi connectivity index (χ0v) is 20.3. The molecular formula is C28H38N2O3. The molecule has 3 rings (SSSR count). The van der Waals surface area contributed by atoms with Gasteiger partial charge >= 0.3 is 0 Å². The fourth-order valence-electron chi connectivity index (χ4n) is 4.42. The summed E-state index contributed by atoms with van der Waals surface area (Å²) in [5, 5.41) is 3.19. The van der Waals surface area contributed by atoms with E-state index in [0.717, 1.165) is 49.0 Å². The summed E-state index contributed by atoms with van der Waals surface area (Å²) in [5.74, 6) is 0.711. The van der Waals surface area contributed by atoms with Gasteiger partial charge in [-0.05, 0) is 61.4 Å². The van der Waals surface area contributed by atoms with Crippen molar-refractivity contribution in [2.24, 2.45) is 0 Å². The average Bonchev–Trinajstić information content (AvgIpc) is 2.86. The number of amides is 2. The SMILES string of the molecule is CCc1ccc(CCC(=O)N(Cc2ccc(OC)cc2)[C@H](C)C(=O)NC2CCCCC2)cc1. The third kappa shape index (κ3) is 7.34. The summed E-state index contributed by atoms with van der Waals surface area (Å²) in [5.41, 5.74) is 3.41. The van der Waals surface area contributed by atoms with E-state index in [0.29, 0.717) is 19.4 Å². The zero-order valence-electron chi connectivity index (χ0n) is 20.3. The van der Waals surface area contributed by atoms with Crippen LogP contribution in [0.1, 0.15) is 69.1 Å². The van der Waals surface area contributed by atoms with Crippen molar-refractivity contribution in [3.63, 3.8) is 0 Å². The molecule has 0 spiro atoms. The van der Waals surface area contributed by atoms with Crippen molar-refractivity contribution < 1.29 is 14.3 Å². The summed E-state index contributed by atoms with van der Waals surface area (Å²) < 4.78 is 5.25. The van der Waals surface area contributed by atoms with Crippen molar-refractivity contribution in [2.75, 3.05) is 7.11 Å². The van der Waals surface area contributed by atoms with Gasteiger partial charge in [0.05, 0.1) is 7.11 Å². The number of carbonyl (C=O) groups is 2. The fraction of sp³-hybridized carbons (Fsp3) is 0.500. The lowest BCUT2D eigenvalue weighted by Gasteiger charge is -2.31. The highest BCUT2D eigenvalue weighted by Crippen LogP contribution is 2.19. The maximum absolute atomic E-state index is 13.3. The highest BCUT2D eigenvalue weighted by molar-refractivity contribution is 5.87. The van der Waals surface area contributed by atoms with Crippen LogP contribution in [0.5, 0.6) is 5.75 Å². The molecule has 5 nitrogen and oxygen atoms in total. The highest BCUT2D eigenvalue weighted by Gasteiger charge is 2.28. The normalized spacial score (nSPS) is 15.0. The Balaban J connectivity index is 1.69. The molecule has 2 aromatic rings. The molecule has 0 radical (unpaired) electrons. The second kappa shape index (κ2) is 12.4. The molecule has 0 aliphatic heterocycles. The number of carbonyl (C=O) groups excluding carboxylic acids is 2. The van der Waals surface area contributed by atoms with Crippen LogP contribution in [0, 0.1) is 0 Å². The summed E-state index contributed by atoms with van der Waals surface area (Å²) in [6.45, 7) is 4.38. The van der Waals surface area contributed by atoms with Gasteiger partial charge in [-0.3, -0.25) is 9.59 Å². The largest absolute Gasteiger partial charge is 0.497 e. The maximum atomic E-state index is 13.3. The second-order valence-electron chi connectivity index (χ2n) is 9.06. The van der Waals surface area contributed by atoms with Gasteiger partial charge in [0.2, 0.25) is 11.8 Å². The lowest BCUT2D eigenvalue weighted by molar-refractivity contribution is -0.141. The van der Waals surface area contributed by atoms with Crippen LogP contribution in [-0.2, 0) is 29.0 Å². The molecule has 0 aromatic heterocycles. The Bertz CT molecular complexity index is 886. The van der Waals surface area contributed by atoms with E-state index in [4.69, 9.17) is 4.74 Å². The van der Waals surface area contributed by atoms with Gasteiger partial charge < -0.3 is 15.0 Å². The molecule has 2 aromatic carbocycles. The van der Waals surface area contributed by atoms with Crippen LogP contribution in [0.2, 0.25) is 0 Å². The van der Waals surface area contributed by atoms with Gasteiger partial charge in [0.15, 0.2) is 0 Å². The minimum absolute atomic E-state index is 0.00307. The van der Waals surface area contributed by atoms with E-state index < -0.39 is 6.04 Å². The molecule has 5 heteroatoms. The monoisotopic (exact) mass is 450 g/mol. The van der Waals surface area contributed by atoms with Crippen molar-refractivity contribution in [3.8, 4) is 5.75 Å². The first kappa shape index (κ1) is 24.8. The van der Waals surface area contributed by atoms with Crippen molar-refractivity contribution in [3.05, 3.63) is 65.2 Å². The van der Waals surface area contributed by atoms with Crippen LogP contribution in [0.4, 0.5) is 0 Å². The third-order valence-electron chi connectivity index (χ3n) is 6.69. The molecule has 1 aliphatic carbocycles. The second-order valence-corrected chi connectivity index (χ2v) is 9.06. The van der Waals surface area contributed by atoms with Gasteiger partial charge in [0, 0.05) is 19.0 Å². The van der Waals surface area contributed by atoms with E-state index in [1.807, 2.05) is 31.2 Å². The predicted octanol–water partition coefficient (Wildman–Crippen LogP) is 5.06. The Morgan fingerprint density at radius 2 is 1.58 bits per heavy atom. The number of nitrogens with zero attached hydrogens (tertiary/aromatic N) is 1. The average molecular weight is 451 g/mol. The minimum atomic E-state index is -0.524. The molecule has 178 valence electrons. The Kier molecular flexibility index (Phi) is 9.35. The number of benzene rings is 2. The Morgan fingerprint density at radius 1 is 0.970 bits per heavy atom. The maximum Gasteiger partial charge on any atom is 0.242 e. The number of rotatable bonds is 10. The van der Waals surface area contributed by atoms with Crippen LogP contribution >= 0.6 is 0 Å². The Labute approximate surface area is 198 Å². The predicted molar refractivity (Wildman–Crippen MR) is 132 cm³/mol. The molecule has 1 saturated carbocycles. The lowest BCUT2D eigenvalue weighted by atomic mass is 9.95. The molecule has 0 saturated heterocycles. The van der Waals surface area contributed by atoms with E-state index in [-0.39, 0.29) is 17.9 Å². The van der Waals surface area contributed by atoms with E-state index in [1.54, 1.807) is 12.0 Å². The molecule has 1 fully saturated rings. The van der Waals surface area contributed by atoms with Crippen molar-refractivity contribution in [1.29, 1.82) is 0 Å². The standard InChI is InChI=1S/C28H38N2O3/c1-4-22-10-12-23(13-11-22)16-19-27(31)30(20-24-14-17-26(33-3)18-15-24)21(2)28(32)29-25-8-6-5-7-9-25/h10-15,17-18,21,25H,4-9,16,19-20H2,1-3H3,(H,29,32)/t21-/m1/s1. The summed E-state index contributed by atoms with van der Waals surface area (Å²) in [7, 11) is 1.63. The summed E-state index contributed by atoms with van der Waals surface area (Å²) in [4.78, 5) is 28.1. The first-order valence-electron chi connectivity index (χ1n) is 12.3. The number of hydrogen-bond donors (Lipinski definition) is 1. The van der Waals surface area contributed by atoms with Gasteiger partial charge in [-0.25, -0.2) is 0 Å². The smallest absolute Gasteiger partial charge is 0.242 e. The van der Waals surface area contributed by atoms with E-state index >= 15 is 0 Å². The molecular weight excluding hydrogens is 412 g/mol. The lowest BCUT2D eigenvalue weighted by Crippen LogP contribution is -2.50. The fourth-order valence-corrected chi connectivity index (χ4v) is 4.42. The molecule has 0 bridgehead atoms. The number of nitrogens with one attached hydrogen (secondary N) is 1. The van der Waals surface area contributed by atoms with Crippen LogP contribution in [0.25, 0.3) is 0 Å². The molecule has 33 heavy (non-hydrogen) atoms.